The zero-order valence-electron chi connectivity index (χ0n) is 18.1. The second kappa shape index (κ2) is 9.41. The van der Waals surface area contributed by atoms with Crippen LogP contribution in [0, 0.1) is 17.7 Å². The van der Waals surface area contributed by atoms with E-state index in [1.54, 1.807) is 20.8 Å². The number of carbonyl (C=O) groups is 3. The van der Waals surface area contributed by atoms with Gasteiger partial charge in [0, 0.05) is 6.54 Å². The van der Waals surface area contributed by atoms with Crippen LogP contribution in [0.25, 0.3) is 0 Å². The number of ketones is 1. The first-order valence-corrected chi connectivity index (χ1v) is 10.5. The highest BCUT2D eigenvalue weighted by molar-refractivity contribution is 6.06. The summed E-state index contributed by atoms with van der Waals surface area (Å²) in [6.07, 6.45) is 0.363. The molecule has 1 amide bonds. The molecule has 2 aromatic rings. The van der Waals surface area contributed by atoms with E-state index >= 15 is 0 Å². The Morgan fingerprint density at radius 1 is 1.10 bits per heavy atom. The molecule has 1 aliphatic heterocycles. The number of halogens is 1. The molecule has 0 spiro atoms. The van der Waals surface area contributed by atoms with E-state index in [1.807, 2.05) is 30.3 Å². The minimum Gasteiger partial charge on any atom is -0.460 e. The fourth-order valence-corrected chi connectivity index (χ4v) is 3.99. The highest BCUT2D eigenvalue weighted by Crippen LogP contribution is 2.32. The molecule has 0 aromatic heterocycles. The number of esters is 1. The first-order chi connectivity index (χ1) is 14.6. The third-order valence-electron chi connectivity index (χ3n) is 5.35. The Morgan fingerprint density at radius 3 is 2.35 bits per heavy atom. The zero-order chi connectivity index (χ0) is 22.6. The lowest BCUT2D eigenvalue weighted by atomic mass is 9.78. The normalized spacial score (nSPS) is 19.5. The van der Waals surface area contributed by atoms with Crippen LogP contribution in [0.15, 0.2) is 54.6 Å². The van der Waals surface area contributed by atoms with E-state index < -0.39 is 29.2 Å². The first kappa shape index (κ1) is 22.7. The Balaban J connectivity index is 1.87. The maximum Gasteiger partial charge on any atom is 0.307 e. The van der Waals surface area contributed by atoms with Crippen molar-refractivity contribution in [3.8, 4) is 0 Å². The summed E-state index contributed by atoms with van der Waals surface area (Å²) in [6, 6.07) is 15.1. The summed E-state index contributed by atoms with van der Waals surface area (Å²) in [6.45, 7) is 5.65. The molecule has 3 rings (SSSR count). The van der Waals surface area contributed by atoms with Gasteiger partial charge < -0.3 is 10.1 Å². The molecule has 1 saturated heterocycles. The average molecular weight is 426 g/mol. The molecule has 164 valence electrons. The molecule has 5 nitrogen and oxygen atoms in total. The van der Waals surface area contributed by atoms with Crippen LogP contribution in [0.4, 0.5) is 4.39 Å². The molecule has 2 aromatic carbocycles. The van der Waals surface area contributed by atoms with E-state index in [4.69, 9.17) is 4.74 Å². The molecule has 1 aliphatic rings. The second-order valence-corrected chi connectivity index (χ2v) is 8.97. The lowest BCUT2D eigenvalue weighted by Gasteiger charge is -2.24. The smallest absolute Gasteiger partial charge is 0.307 e. The van der Waals surface area contributed by atoms with Crippen molar-refractivity contribution in [2.45, 2.75) is 45.1 Å². The van der Waals surface area contributed by atoms with Gasteiger partial charge in [-0.25, -0.2) is 4.39 Å². The number of nitrogens with one attached hydrogen (secondary N) is 1. The lowest BCUT2D eigenvalue weighted by Crippen LogP contribution is -2.34. The maximum absolute atomic E-state index is 13.6. The van der Waals surface area contributed by atoms with Crippen molar-refractivity contribution < 1.29 is 23.5 Å². The minimum atomic E-state index is -0.887. The van der Waals surface area contributed by atoms with E-state index in [9.17, 15) is 18.8 Å². The number of ether oxygens (including phenoxy) is 1. The molecule has 6 heteroatoms. The van der Waals surface area contributed by atoms with Gasteiger partial charge in [-0.3, -0.25) is 14.4 Å². The topological polar surface area (TPSA) is 72.5 Å². The molecule has 0 bridgehead atoms. The number of hydrogen-bond acceptors (Lipinski definition) is 4. The SMILES string of the molecule is CC(C)(C)OC(=O)C[C@@H](C(=O)[C@@H]1C(=O)NCC1Cc1ccccc1)c1ccc(F)cc1. The Hall–Kier alpha value is -3.02. The van der Waals surface area contributed by atoms with Crippen LogP contribution in [0.3, 0.4) is 0 Å². The van der Waals surface area contributed by atoms with Crippen LogP contribution >= 0.6 is 0 Å². The molecule has 31 heavy (non-hydrogen) atoms. The summed E-state index contributed by atoms with van der Waals surface area (Å²) >= 11 is 0. The Bertz CT molecular complexity index is 934. The van der Waals surface area contributed by atoms with Crippen molar-refractivity contribution in [2.75, 3.05) is 6.54 Å². The van der Waals surface area contributed by atoms with Gasteiger partial charge in [-0.2, -0.15) is 0 Å². The molecule has 1 unspecified atom stereocenters. The van der Waals surface area contributed by atoms with E-state index in [2.05, 4.69) is 5.32 Å². The monoisotopic (exact) mass is 425 g/mol. The summed E-state index contributed by atoms with van der Waals surface area (Å²) in [7, 11) is 0. The van der Waals surface area contributed by atoms with Gasteiger partial charge in [-0.05, 0) is 56.4 Å². The summed E-state index contributed by atoms with van der Waals surface area (Å²) < 4.78 is 18.9. The van der Waals surface area contributed by atoms with Crippen LogP contribution in [0.1, 0.15) is 44.2 Å². The molecule has 3 atom stereocenters. The van der Waals surface area contributed by atoms with E-state index in [0.717, 1.165) is 5.56 Å². The third-order valence-corrected chi connectivity index (χ3v) is 5.35. The number of rotatable bonds is 7. The molecule has 1 N–H and O–H groups in total. The number of amides is 1. The number of benzene rings is 2. The van der Waals surface area contributed by atoms with Gasteiger partial charge in [0.15, 0.2) is 5.78 Å². The molecule has 0 saturated carbocycles. The third kappa shape index (κ3) is 6.00. The van der Waals surface area contributed by atoms with Crippen LogP contribution in [-0.2, 0) is 25.5 Å². The average Bonchev–Trinajstić information content (AvgIpc) is 3.06. The van der Waals surface area contributed by atoms with Gasteiger partial charge in [-0.15, -0.1) is 0 Å². The van der Waals surface area contributed by atoms with Crippen LogP contribution in [0.2, 0.25) is 0 Å². The number of hydrogen-bond donors (Lipinski definition) is 1. The largest absolute Gasteiger partial charge is 0.460 e. The van der Waals surface area contributed by atoms with Crippen molar-refractivity contribution in [1.29, 1.82) is 0 Å². The highest BCUT2D eigenvalue weighted by Gasteiger charge is 2.43. The van der Waals surface area contributed by atoms with Gasteiger partial charge >= 0.3 is 5.97 Å². The summed E-state index contributed by atoms with van der Waals surface area (Å²) in [5.41, 5.74) is 0.830. The zero-order valence-corrected chi connectivity index (χ0v) is 18.1. The van der Waals surface area contributed by atoms with Crippen LogP contribution < -0.4 is 5.32 Å². The molecule has 1 heterocycles. The fourth-order valence-electron chi connectivity index (χ4n) is 3.99. The van der Waals surface area contributed by atoms with Gasteiger partial charge in [0.2, 0.25) is 5.91 Å². The van der Waals surface area contributed by atoms with Crippen molar-refractivity contribution in [3.63, 3.8) is 0 Å². The fraction of sp³-hybridized carbons (Fsp3) is 0.400. The van der Waals surface area contributed by atoms with Gasteiger partial charge in [0.05, 0.1) is 12.3 Å². The Labute approximate surface area is 182 Å². The second-order valence-electron chi connectivity index (χ2n) is 8.97. The van der Waals surface area contributed by atoms with Crippen molar-refractivity contribution in [2.24, 2.45) is 11.8 Å². The standard InChI is InChI=1S/C25H28FNO4/c1-25(2,3)31-21(28)14-20(17-9-11-19(26)12-10-17)23(29)22-18(15-27-24(22)30)13-16-7-5-4-6-8-16/h4-12,18,20,22H,13-15H2,1-3H3,(H,27,30)/t18?,20-,22-/m1/s1. The molecular formula is C25H28FNO4. The Kier molecular flexibility index (Phi) is 6.88. The predicted octanol–water partition coefficient (Wildman–Crippen LogP) is 3.82. The van der Waals surface area contributed by atoms with E-state index in [-0.39, 0.29) is 24.0 Å². The summed E-state index contributed by atoms with van der Waals surface area (Å²) in [5, 5.41) is 2.79. The van der Waals surface area contributed by atoms with Crippen LogP contribution in [-0.4, -0.2) is 29.8 Å². The van der Waals surface area contributed by atoms with Gasteiger partial charge in [0.25, 0.3) is 0 Å². The Morgan fingerprint density at radius 2 is 1.74 bits per heavy atom. The van der Waals surface area contributed by atoms with Crippen molar-refractivity contribution in [3.05, 3.63) is 71.5 Å². The summed E-state index contributed by atoms with van der Waals surface area (Å²) in [5.74, 6) is -3.62. The summed E-state index contributed by atoms with van der Waals surface area (Å²) in [4.78, 5) is 38.7. The maximum atomic E-state index is 13.6. The highest BCUT2D eigenvalue weighted by atomic mass is 19.1. The van der Waals surface area contributed by atoms with E-state index in [0.29, 0.717) is 18.5 Å². The quantitative estimate of drug-likeness (QED) is 0.541. The van der Waals surface area contributed by atoms with Crippen LogP contribution in [0.5, 0.6) is 0 Å². The number of carbonyl (C=O) groups excluding carboxylic acids is 3. The van der Waals surface area contributed by atoms with Crippen molar-refractivity contribution >= 4 is 17.7 Å². The molecule has 1 fully saturated rings. The predicted molar refractivity (Wildman–Crippen MR) is 115 cm³/mol. The molecule has 0 radical (unpaired) electrons. The minimum absolute atomic E-state index is 0.205. The molecular weight excluding hydrogens is 397 g/mol. The first-order valence-electron chi connectivity index (χ1n) is 10.5. The van der Waals surface area contributed by atoms with E-state index in [1.165, 1.54) is 24.3 Å². The van der Waals surface area contributed by atoms with Gasteiger partial charge in [-0.1, -0.05) is 42.5 Å². The van der Waals surface area contributed by atoms with Crippen molar-refractivity contribution in [1.82, 2.24) is 5.32 Å². The number of Topliss-reactive ketones (excluding diaryl/α,β-unsaturated/α-hetero) is 1. The molecule has 0 aliphatic carbocycles. The lowest BCUT2D eigenvalue weighted by molar-refractivity contribution is -0.156. The van der Waals surface area contributed by atoms with Gasteiger partial charge in [0.1, 0.15) is 17.3 Å².